The van der Waals surface area contributed by atoms with Crippen LogP contribution in [0.5, 0.6) is 0 Å². The van der Waals surface area contributed by atoms with Crippen LogP contribution in [0, 0.1) is 0 Å². The molecular formula is C15H23N3O2. The molecule has 0 aromatic heterocycles. The second-order valence-corrected chi connectivity index (χ2v) is 5.34. The number of nitrogen functional groups attached to an aromatic ring is 1. The molecule has 0 saturated heterocycles. The number of aryl methyl sites for hydroxylation is 1. The maximum atomic E-state index is 12.0. The van der Waals surface area contributed by atoms with Gasteiger partial charge in [0.25, 0.3) is 0 Å². The normalized spacial score (nSPS) is 15.6. The van der Waals surface area contributed by atoms with Gasteiger partial charge in [0.05, 0.1) is 13.2 Å². The summed E-state index contributed by atoms with van der Waals surface area (Å²) in [5, 5.41) is 2.94. The van der Waals surface area contributed by atoms with E-state index in [1.165, 1.54) is 5.56 Å². The van der Waals surface area contributed by atoms with E-state index in [0.717, 1.165) is 30.8 Å². The van der Waals surface area contributed by atoms with E-state index in [-0.39, 0.29) is 11.9 Å². The summed E-state index contributed by atoms with van der Waals surface area (Å²) in [6.07, 6.45) is 2.08. The largest absolute Gasteiger partial charge is 0.399 e. The molecule has 0 fully saturated rings. The zero-order valence-corrected chi connectivity index (χ0v) is 12.2. The SMILES string of the molecule is COCC(C)NC(=O)CN1CCCc2cc(N)ccc21. The lowest BCUT2D eigenvalue weighted by Crippen LogP contribution is -2.44. The third-order valence-electron chi connectivity index (χ3n) is 3.48. The number of nitrogens with zero attached hydrogens (tertiary/aromatic N) is 1. The molecule has 5 heteroatoms. The summed E-state index contributed by atoms with van der Waals surface area (Å²) in [5.41, 5.74) is 8.95. The first-order chi connectivity index (χ1) is 9.60. The number of nitrogens with two attached hydrogens (primary N) is 1. The van der Waals surface area contributed by atoms with Crippen LogP contribution in [0.4, 0.5) is 11.4 Å². The molecule has 1 aliphatic rings. The van der Waals surface area contributed by atoms with Crippen LogP contribution < -0.4 is 16.0 Å². The molecule has 2 rings (SSSR count). The Morgan fingerprint density at radius 1 is 1.55 bits per heavy atom. The van der Waals surface area contributed by atoms with E-state index in [2.05, 4.69) is 10.2 Å². The predicted octanol–water partition coefficient (Wildman–Crippen LogP) is 1.17. The molecule has 1 unspecified atom stereocenters. The Hall–Kier alpha value is -1.75. The highest BCUT2D eigenvalue weighted by Crippen LogP contribution is 2.28. The molecule has 5 nitrogen and oxygen atoms in total. The van der Waals surface area contributed by atoms with E-state index < -0.39 is 0 Å². The molecule has 0 saturated carbocycles. The Morgan fingerprint density at radius 3 is 3.10 bits per heavy atom. The fourth-order valence-electron chi connectivity index (χ4n) is 2.64. The van der Waals surface area contributed by atoms with Crippen LogP contribution in [0.1, 0.15) is 18.9 Å². The Morgan fingerprint density at radius 2 is 2.35 bits per heavy atom. The van der Waals surface area contributed by atoms with Gasteiger partial charge in [-0.15, -0.1) is 0 Å². The zero-order chi connectivity index (χ0) is 14.5. The second-order valence-electron chi connectivity index (χ2n) is 5.34. The number of hydrogen-bond donors (Lipinski definition) is 2. The lowest BCUT2D eigenvalue weighted by molar-refractivity contribution is -0.120. The highest BCUT2D eigenvalue weighted by atomic mass is 16.5. The number of amides is 1. The van der Waals surface area contributed by atoms with Gasteiger partial charge in [0.2, 0.25) is 5.91 Å². The van der Waals surface area contributed by atoms with Gasteiger partial charge in [0.15, 0.2) is 0 Å². The van der Waals surface area contributed by atoms with Crippen molar-refractivity contribution in [1.82, 2.24) is 5.32 Å². The molecule has 1 aromatic carbocycles. The van der Waals surface area contributed by atoms with Crippen LogP contribution in [-0.4, -0.2) is 38.8 Å². The van der Waals surface area contributed by atoms with Crippen molar-refractivity contribution in [2.24, 2.45) is 0 Å². The number of fused-ring (bicyclic) bond motifs is 1. The molecule has 0 radical (unpaired) electrons. The van der Waals surface area contributed by atoms with Gasteiger partial charge in [-0.2, -0.15) is 0 Å². The lowest BCUT2D eigenvalue weighted by atomic mass is 10.0. The molecule has 110 valence electrons. The maximum Gasteiger partial charge on any atom is 0.239 e. The molecular weight excluding hydrogens is 254 g/mol. The predicted molar refractivity (Wildman–Crippen MR) is 80.9 cm³/mol. The first-order valence-corrected chi connectivity index (χ1v) is 7.02. The molecule has 0 spiro atoms. The van der Waals surface area contributed by atoms with Crippen molar-refractivity contribution in [3.63, 3.8) is 0 Å². The first-order valence-electron chi connectivity index (χ1n) is 7.02. The Bertz CT molecular complexity index is 476. The third kappa shape index (κ3) is 3.63. The van der Waals surface area contributed by atoms with Crippen molar-refractivity contribution in [3.05, 3.63) is 23.8 Å². The Balaban J connectivity index is 1.99. The number of carbonyl (C=O) groups excluding carboxylic acids is 1. The summed E-state index contributed by atoms with van der Waals surface area (Å²) in [5.74, 6) is 0.0271. The maximum absolute atomic E-state index is 12.0. The van der Waals surface area contributed by atoms with Crippen molar-refractivity contribution in [3.8, 4) is 0 Å². The van der Waals surface area contributed by atoms with Crippen molar-refractivity contribution < 1.29 is 9.53 Å². The summed E-state index contributed by atoms with van der Waals surface area (Å²) < 4.78 is 5.02. The minimum absolute atomic E-state index is 0.0271. The van der Waals surface area contributed by atoms with Crippen molar-refractivity contribution >= 4 is 17.3 Å². The van der Waals surface area contributed by atoms with Gasteiger partial charge >= 0.3 is 0 Å². The van der Waals surface area contributed by atoms with Crippen LogP contribution in [0.15, 0.2) is 18.2 Å². The number of methoxy groups -OCH3 is 1. The van der Waals surface area contributed by atoms with Crippen LogP contribution >= 0.6 is 0 Å². The summed E-state index contributed by atoms with van der Waals surface area (Å²) in [4.78, 5) is 14.2. The van der Waals surface area contributed by atoms with Gasteiger partial charge in [0, 0.05) is 31.1 Å². The quantitative estimate of drug-likeness (QED) is 0.793. The van der Waals surface area contributed by atoms with Gasteiger partial charge in [0.1, 0.15) is 0 Å². The van der Waals surface area contributed by atoms with Gasteiger partial charge < -0.3 is 20.7 Å². The summed E-state index contributed by atoms with van der Waals surface area (Å²) in [6, 6.07) is 5.94. The number of nitrogens with one attached hydrogen (secondary N) is 1. The van der Waals surface area contributed by atoms with Crippen LogP contribution in [0.25, 0.3) is 0 Å². The first kappa shape index (κ1) is 14.7. The molecule has 1 atom stereocenters. The van der Waals surface area contributed by atoms with Gasteiger partial charge in [-0.05, 0) is 43.5 Å². The molecule has 1 heterocycles. The fourth-order valence-corrected chi connectivity index (χ4v) is 2.64. The monoisotopic (exact) mass is 277 g/mol. The van der Waals surface area contributed by atoms with Gasteiger partial charge in [-0.3, -0.25) is 4.79 Å². The topological polar surface area (TPSA) is 67.6 Å². The van der Waals surface area contributed by atoms with Crippen LogP contribution in [-0.2, 0) is 16.0 Å². The molecule has 1 amide bonds. The Kier molecular flexibility index (Phi) is 4.84. The average molecular weight is 277 g/mol. The molecule has 0 bridgehead atoms. The van der Waals surface area contributed by atoms with Gasteiger partial charge in [-0.1, -0.05) is 0 Å². The number of ether oxygens (including phenoxy) is 1. The second kappa shape index (κ2) is 6.61. The number of anilines is 2. The highest BCUT2D eigenvalue weighted by molar-refractivity contribution is 5.82. The van der Waals surface area contributed by atoms with E-state index >= 15 is 0 Å². The van der Waals surface area contributed by atoms with E-state index in [4.69, 9.17) is 10.5 Å². The van der Waals surface area contributed by atoms with Crippen LogP contribution in [0.2, 0.25) is 0 Å². The average Bonchev–Trinajstić information content (AvgIpc) is 2.38. The molecule has 0 aliphatic carbocycles. The Labute approximate surface area is 120 Å². The zero-order valence-electron chi connectivity index (χ0n) is 12.2. The van der Waals surface area contributed by atoms with E-state index in [9.17, 15) is 4.79 Å². The molecule has 1 aromatic rings. The fraction of sp³-hybridized carbons (Fsp3) is 0.533. The minimum atomic E-state index is 0.0271. The smallest absolute Gasteiger partial charge is 0.239 e. The highest BCUT2D eigenvalue weighted by Gasteiger charge is 2.19. The number of benzene rings is 1. The van der Waals surface area contributed by atoms with Gasteiger partial charge in [-0.25, -0.2) is 0 Å². The van der Waals surface area contributed by atoms with E-state index in [1.54, 1.807) is 7.11 Å². The number of hydrogen-bond acceptors (Lipinski definition) is 4. The standard InChI is InChI=1S/C15H23N3O2/c1-11(10-20-2)17-15(19)9-18-7-3-4-12-8-13(16)5-6-14(12)18/h5-6,8,11H,3-4,7,9-10,16H2,1-2H3,(H,17,19). The summed E-state index contributed by atoms with van der Waals surface area (Å²) in [7, 11) is 1.63. The van der Waals surface area contributed by atoms with Crippen LogP contribution in [0.3, 0.4) is 0 Å². The molecule has 20 heavy (non-hydrogen) atoms. The summed E-state index contributed by atoms with van der Waals surface area (Å²) >= 11 is 0. The van der Waals surface area contributed by atoms with Crippen molar-refractivity contribution in [1.29, 1.82) is 0 Å². The van der Waals surface area contributed by atoms with Crippen molar-refractivity contribution in [2.75, 3.05) is 37.4 Å². The number of carbonyl (C=O) groups is 1. The van der Waals surface area contributed by atoms with E-state index in [1.807, 2.05) is 25.1 Å². The minimum Gasteiger partial charge on any atom is -0.399 e. The molecule has 1 aliphatic heterocycles. The lowest BCUT2D eigenvalue weighted by Gasteiger charge is -2.31. The summed E-state index contributed by atoms with van der Waals surface area (Å²) in [6.45, 7) is 3.75. The third-order valence-corrected chi connectivity index (χ3v) is 3.48. The van der Waals surface area contributed by atoms with Crippen molar-refractivity contribution in [2.45, 2.75) is 25.8 Å². The van der Waals surface area contributed by atoms with E-state index in [0.29, 0.717) is 13.2 Å². The molecule has 3 N–H and O–H groups in total. The number of rotatable bonds is 5.